The number of rotatable bonds is 4. The van der Waals surface area contributed by atoms with Crippen molar-refractivity contribution in [2.75, 3.05) is 31.6 Å². The Morgan fingerprint density at radius 1 is 1.60 bits per heavy atom. The second-order valence-corrected chi connectivity index (χ2v) is 4.89. The molecule has 2 atom stereocenters. The molecule has 2 rings (SSSR count). The van der Waals surface area contributed by atoms with E-state index in [2.05, 4.69) is 10.3 Å². The van der Waals surface area contributed by atoms with Gasteiger partial charge < -0.3 is 20.1 Å². The minimum Gasteiger partial charge on any atom is -0.394 e. The Morgan fingerprint density at radius 2 is 2.40 bits per heavy atom. The van der Waals surface area contributed by atoms with Crippen LogP contribution in [0.15, 0.2) is 18.3 Å². The molecule has 1 amide bonds. The normalized spacial score (nSPS) is 22.6. The number of morpholine rings is 1. The molecule has 2 heterocycles. The highest BCUT2D eigenvalue weighted by Gasteiger charge is 2.29. The molecule has 0 aliphatic carbocycles. The van der Waals surface area contributed by atoms with Crippen molar-refractivity contribution in [1.29, 1.82) is 0 Å². The average Bonchev–Trinajstić information content (AvgIpc) is 2.46. The Balaban J connectivity index is 2.18. The maximum absolute atomic E-state index is 12.6. The first-order chi connectivity index (χ1) is 9.65. The summed E-state index contributed by atoms with van der Waals surface area (Å²) in [5, 5.41) is 12.3. The zero-order valence-electron chi connectivity index (χ0n) is 11.9. The van der Waals surface area contributed by atoms with Gasteiger partial charge in [-0.25, -0.2) is 4.98 Å². The highest BCUT2D eigenvalue weighted by molar-refractivity contribution is 5.98. The number of anilines is 1. The maximum atomic E-state index is 12.6. The van der Waals surface area contributed by atoms with Crippen LogP contribution in [0.5, 0.6) is 0 Å². The number of amides is 1. The van der Waals surface area contributed by atoms with Crippen LogP contribution in [0, 0.1) is 0 Å². The van der Waals surface area contributed by atoms with E-state index in [-0.39, 0.29) is 24.7 Å². The molecule has 0 spiro atoms. The largest absolute Gasteiger partial charge is 0.394 e. The molecule has 0 radical (unpaired) electrons. The Kier molecular flexibility index (Phi) is 4.92. The van der Waals surface area contributed by atoms with E-state index >= 15 is 0 Å². The van der Waals surface area contributed by atoms with E-state index in [4.69, 9.17) is 4.74 Å². The summed E-state index contributed by atoms with van der Waals surface area (Å²) in [5.74, 6) is 0.516. The monoisotopic (exact) mass is 279 g/mol. The van der Waals surface area contributed by atoms with Crippen molar-refractivity contribution >= 4 is 11.7 Å². The van der Waals surface area contributed by atoms with Crippen molar-refractivity contribution in [2.24, 2.45) is 0 Å². The average molecular weight is 279 g/mol. The number of carbonyl (C=O) groups is 1. The Morgan fingerprint density at radius 3 is 3.10 bits per heavy atom. The molecular weight excluding hydrogens is 258 g/mol. The molecule has 1 aromatic heterocycles. The van der Waals surface area contributed by atoms with Crippen molar-refractivity contribution in [2.45, 2.75) is 26.1 Å². The third kappa shape index (κ3) is 3.26. The van der Waals surface area contributed by atoms with Crippen LogP contribution in [0.2, 0.25) is 0 Å². The lowest BCUT2D eigenvalue weighted by Gasteiger charge is -2.36. The van der Waals surface area contributed by atoms with Crippen molar-refractivity contribution in [3.63, 3.8) is 0 Å². The van der Waals surface area contributed by atoms with E-state index in [9.17, 15) is 9.90 Å². The maximum Gasteiger partial charge on any atom is 0.257 e. The number of aliphatic hydroxyl groups excluding tert-OH is 1. The third-order valence-electron chi connectivity index (χ3n) is 3.20. The van der Waals surface area contributed by atoms with E-state index in [1.54, 1.807) is 23.2 Å². The zero-order chi connectivity index (χ0) is 14.5. The summed E-state index contributed by atoms with van der Waals surface area (Å²) in [6, 6.07) is 3.52. The lowest BCUT2D eigenvalue weighted by atomic mass is 10.1. The molecule has 0 bridgehead atoms. The SMILES string of the molecule is CCNc1ncccc1C(=O)N1CC(C)OC(CO)C1. The quantitative estimate of drug-likeness (QED) is 0.850. The molecule has 1 aliphatic rings. The molecule has 2 N–H and O–H groups in total. The summed E-state index contributed by atoms with van der Waals surface area (Å²) in [6.07, 6.45) is 1.26. The summed E-state index contributed by atoms with van der Waals surface area (Å²) in [7, 11) is 0. The Bertz CT molecular complexity index is 467. The van der Waals surface area contributed by atoms with Crippen LogP contribution < -0.4 is 5.32 Å². The van der Waals surface area contributed by atoms with E-state index in [0.29, 0.717) is 31.0 Å². The molecule has 0 saturated carbocycles. The highest BCUT2D eigenvalue weighted by Crippen LogP contribution is 2.18. The first-order valence-corrected chi connectivity index (χ1v) is 6.90. The molecule has 110 valence electrons. The molecule has 20 heavy (non-hydrogen) atoms. The molecule has 0 aromatic carbocycles. The van der Waals surface area contributed by atoms with Gasteiger partial charge in [-0.1, -0.05) is 0 Å². The highest BCUT2D eigenvalue weighted by atomic mass is 16.5. The molecule has 6 nitrogen and oxygen atoms in total. The first kappa shape index (κ1) is 14.7. The Hall–Kier alpha value is -1.66. The van der Waals surface area contributed by atoms with Crippen molar-refractivity contribution in [3.05, 3.63) is 23.9 Å². The van der Waals surface area contributed by atoms with Crippen LogP contribution in [0.4, 0.5) is 5.82 Å². The van der Waals surface area contributed by atoms with Crippen LogP contribution in [-0.2, 0) is 4.74 Å². The third-order valence-corrected chi connectivity index (χ3v) is 3.20. The van der Waals surface area contributed by atoms with Gasteiger partial charge in [0.15, 0.2) is 0 Å². The van der Waals surface area contributed by atoms with Crippen LogP contribution in [0.25, 0.3) is 0 Å². The number of nitrogens with zero attached hydrogens (tertiary/aromatic N) is 2. The van der Waals surface area contributed by atoms with Gasteiger partial charge >= 0.3 is 0 Å². The Labute approximate surface area is 118 Å². The van der Waals surface area contributed by atoms with E-state index < -0.39 is 0 Å². The van der Waals surface area contributed by atoms with Crippen molar-refractivity contribution in [1.82, 2.24) is 9.88 Å². The lowest BCUT2D eigenvalue weighted by Crippen LogP contribution is -2.50. The van der Waals surface area contributed by atoms with Gasteiger partial charge in [0.1, 0.15) is 5.82 Å². The number of aromatic nitrogens is 1. The predicted octanol–water partition coefficient (Wildman–Crippen LogP) is 0.735. The smallest absolute Gasteiger partial charge is 0.257 e. The molecule has 1 aromatic rings. The van der Waals surface area contributed by atoms with Gasteiger partial charge in [0.2, 0.25) is 0 Å². The van der Waals surface area contributed by atoms with Gasteiger partial charge in [-0.05, 0) is 26.0 Å². The number of nitrogens with one attached hydrogen (secondary N) is 1. The number of pyridine rings is 1. The number of aliphatic hydroxyl groups is 1. The van der Waals surface area contributed by atoms with Crippen LogP contribution in [0.3, 0.4) is 0 Å². The number of ether oxygens (including phenoxy) is 1. The van der Waals surface area contributed by atoms with Gasteiger partial charge in [0.05, 0.1) is 24.4 Å². The van der Waals surface area contributed by atoms with Crippen molar-refractivity contribution < 1.29 is 14.6 Å². The zero-order valence-corrected chi connectivity index (χ0v) is 11.9. The molecule has 2 unspecified atom stereocenters. The van der Waals surface area contributed by atoms with Crippen LogP contribution in [-0.4, -0.2) is 59.3 Å². The second-order valence-electron chi connectivity index (χ2n) is 4.89. The lowest BCUT2D eigenvalue weighted by molar-refractivity contribution is -0.0858. The topological polar surface area (TPSA) is 74.7 Å². The summed E-state index contributed by atoms with van der Waals surface area (Å²) in [5.41, 5.74) is 0.556. The minimum absolute atomic E-state index is 0.0795. The summed E-state index contributed by atoms with van der Waals surface area (Å²) in [6.45, 7) is 5.41. The van der Waals surface area contributed by atoms with E-state index in [0.717, 1.165) is 0 Å². The molecular formula is C14H21N3O3. The van der Waals surface area contributed by atoms with Gasteiger partial charge in [-0.2, -0.15) is 0 Å². The molecule has 1 fully saturated rings. The van der Waals surface area contributed by atoms with Gasteiger partial charge in [0.25, 0.3) is 5.91 Å². The molecule has 6 heteroatoms. The summed E-state index contributed by atoms with van der Waals surface area (Å²) in [4.78, 5) is 18.5. The second kappa shape index (κ2) is 6.67. The fourth-order valence-electron chi connectivity index (χ4n) is 2.37. The first-order valence-electron chi connectivity index (χ1n) is 6.90. The van der Waals surface area contributed by atoms with E-state index in [1.807, 2.05) is 13.8 Å². The molecule has 1 saturated heterocycles. The predicted molar refractivity (Wildman–Crippen MR) is 75.7 cm³/mol. The van der Waals surface area contributed by atoms with E-state index in [1.165, 1.54) is 0 Å². The van der Waals surface area contributed by atoms with Crippen LogP contribution >= 0.6 is 0 Å². The molecule has 1 aliphatic heterocycles. The van der Waals surface area contributed by atoms with Gasteiger partial charge in [-0.15, -0.1) is 0 Å². The van der Waals surface area contributed by atoms with Gasteiger partial charge in [-0.3, -0.25) is 4.79 Å². The summed E-state index contributed by atoms with van der Waals surface area (Å²) >= 11 is 0. The fraction of sp³-hybridized carbons (Fsp3) is 0.571. The summed E-state index contributed by atoms with van der Waals surface area (Å²) < 4.78 is 5.55. The van der Waals surface area contributed by atoms with Crippen LogP contribution in [0.1, 0.15) is 24.2 Å². The number of carbonyl (C=O) groups excluding carboxylic acids is 1. The minimum atomic E-state index is -0.318. The number of hydrogen-bond acceptors (Lipinski definition) is 5. The van der Waals surface area contributed by atoms with Gasteiger partial charge in [0, 0.05) is 25.8 Å². The standard InChI is InChI=1S/C14H21N3O3/c1-3-15-13-12(5-4-6-16-13)14(19)17-7-10(2)20-11(8-17)9-18/h4-6,10-11,18H,3,7-9H2,1-2H3,(H,15,16). The fourth-order valence-corrected chi connectivity index (χ4v) is 2.37. The number of hydrogen-bond donors (Lipinski definition) is 2. The van der Waals surface area contributed by atoms with Crippen molar-refractivity contribution in [3.8, 4) is 0 Å².